The fraction of sp³-hybridized carbons (Fsp3) is 0.281. The molecule has 1 aliphatic heterocycles. The monoisotopic (exact) mass is 635 g/mol. The van der Waals surface area contributed by atoms with Gasteiger partial charge in [-0.15, -0.1) is 0 Å². The molecule has 6 rings (SSSR count). The lowest BCUT2D eigenvalue weighted by molar-refractivity contribution is 0.0392. The molecule has 1 fully saturated rings. The van der Waals surface area contributed by atoms with Gasteiger partial charge in [-0.05, 0) is 66.8 Å². The lowest BCUT2D eigenvalue weighted by Gasteiger charge is -2.32. The van der Waals surface area contributed by atoms with Crippen LogP contribution in [0.25, 0.3) is 11.8 Å². The molecule has 0 amide bonds. The highest BCUT2D eigenvalue weighted by molar-refractivity contribution is 7.88. The summed E-state index contributed by atoms with van der Waals surface area (Å²) in [7, 11) is -3.56. The normalized spacial score (nSPS) is 16.8. The number of ether oxygens (including phenoxy) is 2. The van der Waals surface area contributed by atoms with E-state index in [1.807, 2.05) is 26.0 Å². The van der Waals surface area contributed by atoms with Gasteiger partial charge in [0.2, 0.25) is 21.7 Å². The number of rotatable bonds is 8. The van der Waals surface area contributed by atoms with Crippen molar-refractivity contribution < 1.29 is 31.5 Å². The molecular formula is C32H31F2N5O5S. The van der Waals surface area contributed by atoms with Gasteiger partial charge in [0.15, 0.2) is 17.4 Å². The molecule has 3 heterocycles. The van der Waals surface area contributed by atoms with Gasteiger partial charge in [-0.3, -0.25) is 4.79 Å². The van der Waals surface area contributed by atoms with Crippen molar-refractivity contribution in [2.24, 2.45) is 0 Å². The van der Waals surface area contributed by atoms with Gasteiger partial charge in [-0.1, -0.05) is 18.2 Å². The number of Topliss-reactive ketones (excluding diaryl/α,β-unsaturated/α-hetero) is 1. The third kappa shape index (κ3) is 5.86. The molecule has 2 aliphatic rings. The zero-order valence-electron chi connectivity index (χ0n) is 24.9. The van der Waals surface area contributed by atoms with Crippen LogP contribution in [0.3, 0.4) is 0 Å². The Morgan fingerprint density at radius 2 is 1.89 bits per heavy atom. The Labute approximate surface area is 259 Å². The number of hydrogen-bond acceptors (Lipinski definition) is 8. The van der Waals surface area contributed by atoms with Crippen LogP contribution in [0.1, 0.15) is 45.1 Å². The average molecular weight is 636 g/mol. The van der Waals surface area contributed by atoms with Crippen molar-refractivity contribution >= 4 is 27.7 Å². The molecule has 4 aromatic rings. The number of nitrogen functional groups attached to an aromatic ring is 1. The van der Waals surface area contributed by atoms with E-state index in [4.69, 9.17) is 15.2 Å². The predicted octanol–water partition coefficient (Wildman–Crippen LogP) is 4.91. The number of halogens is 2. The van der Waals surface area contributed by atoms with Crippen LogP contribution in [-0.4, -0.2) is 59.1 Å². The number of aryl methyl sites for hydroxylation is 2. The SMILES string of the molecule is Cc1cc2c(cc1CS(=O)(=O)N1CCOC[C@H]1C)CC(C(=O)c1cnn(-c3cnc(Oc4c(F)cccc4F)cc3C)c1N)=C2. The van der Waals surface area contributed by atoms with Crippen LogP contribution in [0.2, 0.25) is 0 Å². The van der Waals surface area contributed by atoms with Crippen LogP contribution >= 0.6 is 0 Å². The van der Waals surface area contributed by atoms with Gasteiger partial charge >= 0.3 is 0 Å². The minimum atomic E-state index is -3.56. The predicted molar refractivity (Wildman–Crippen MR) is 164 cm³/mol. The third-order valence-electron chi connectivity index (χ3n) is 8.06. The number of pyridine rings is 1. The van der Waals surface area contributed by atoms with E-state index in [1.54, 1.807) is 13.0 Å². The number of anilines is 1. The fourth-order valence-electron chi connectivity index (χ4n) is 5.65. The Kier molecular flexibility index (Phi) is 8.02. The largest absolute Gasteiger partial charge is 0.433 e. The first kappa shape index (κ1) is 30.6. The molecule has 0 saturated carbocycles. The maximum Gasteiger partial charge on any atom is 0.219 e. The quantitative estimate of drug-likeness (QED) is 0.271. The molecule has 2 aromatic carbocycles. The van der Waals surface area contributed by atoms with Crippen molar-refractivity contribution in [2.75, 3.05) is 25.5 Å². The van der Waals surface area contributed by atoms with E-state index in [0.29, 0.717) is 48.6 Å². The summed E-state index contributed by atoms with van der Waals surface area (Å²) in [6, 6.07) is 8.42. The van der Waals surface area contributed by atoms with E-state index < -0.39 is 27.4 Å². The van der Waals surface area contributed by atoms with Gasteiger partial charge in [0.1, 0.15) is 5.82 Å². The molecule has 0 radical (unpaired) electrons. The number of carbonyl (C=O) groups excluding carboxylic acids is 1. The van der Waals surface area contributed by atoms with Crippen molar-refractivity contribution in [3.63, 3.8) is 0 Å². The Morgan fingerprint density at radius 1 is 1.13 bits per heavy atom. The summed E-state index contributed by atoms with van der Waals surface area (Å²) in [4.78, 5) is 17.8. The summed E-state index contributed by atoms with van der Waals surface area (Å²) in [6.07, 6.45) is 4.89. The molecule has 2 N–H and O–H groups in total. The van der Waals surface area contributed by atoms with Gasteiger partial charge < -0.3 is 15.2 Å². The van der Waals surface area contributed by atoms with Gasteiger partial charge in [0, 0.05) is 30.6 Å². The maximum atomic E-state index is 14.0. The standard InChI is InChI=1S/C32H31F2N5O5S/c1-18-9-21-11-23(12-22(21)13-24(18)17-45(41,42)38-7-8-43-16-20(38)3)30(40)25-14-37-39(32(25)35)28-15-36-29(10-19(28)2)44-31-26(33)5-4-6-27(31)34/h4-6,9-11,13-15,20H,7-8,12,16-17,35H2,1-3H3/t20-/m1/s1. The fourth-order valence-corrected chi connectivity index (χ4v) is 7.48. The number of para-hydroxylation sites is 1. The zero-order valence-corrected chi connectivity index (χ0v) is 25.7. The van der Waals surface area contributed by atoms with Gasteiger partial charge in [-0.2, -0.15) is 9.40 Å². The van der Waals surface area contributed by atoms with Gasteiger partial charge in [0.25, 0.3) is 0 Å². The minimum Gasteiger partial charge on any atom is -0.433 e. The second-order valence-corrected chi connectivity index (χ2v) is 13.2. The third-order valence-corrected chi connectivity index (χ3v) is 10.00. The van der Waals surface area contributed by atoms with E-state index in [1.165, 1.54) is 33.5 Å². The molecule has 234 valence electrons. The smallest absolute Gasteiger partial charge is 0.219 e. The summed E-state index contributed by atoms with van der Waals surface area (Å²) >= 11 is 0. The zero-order chi connectivity index (χ0) is 32.0. The number of sulfonamides is 1. The van der Waals surface area contributed by atoms with Crippen LogP contribution in [-0.2, 0) is 26.9 Å². The Hall–Kier alpha value is -4.46. The van der Waals surface area contributed by atoms with E-state index >= 15 is 0 Å². The first-order valence-corrected chi connectivity index (χ1v) is 15.9. The number of morpholine rings is 1. The first-order valence-electron chi connectivity index (χ1n) is 14.3. The number of nitrogens with zero attached hydrogens (tertiary/aromatic N) is 4. The molecule has 0 unspecified atom stereocenters. The van der Waals surface area contributed by atoms with Crippen molar-refractivity contribution in [3.8, 4) is 17.3 Å². The van der Waals surface area contributed by atoms with Crippen molar-refractivity contribution in [1.82, 2.24) is 19.1 Å². The highest BCUT2D eigenvalue weighted by atomic mass is 32.2. The van der Waals surface area contributed by atoms with Crippen molar-refractivity contribution in [1.29, 1.82) is 0 Å². The van der Waals surface area contributed by atoms with Crippen LogP contribution in [0.4, 0.5) is 14.6 Å². The van der Waals surface area contributed by atoms with E-state index in [-0.39, 0.29) is 34.8 Å². The van der Waals surface area contributed by atoms with Crippen LogP contribution in [0.15, 0.2) is 54.4 Å². The first-order chi connectivity index (χ1) is 21.4. The highest BCUT2D eigenvalue weighted by Gasteiger charge is 2.31. The number of carbonyl (C=O) groups is 1. The van der Waals surface area contributed by atoms with Crippen LogP contribution < -0.4 is 10.5 Å². The lowest BCUT2D eigenvalue weighted by Crippen LogP contribution is -2.47. The summed E-state index contributed by atoms with van der Waals surface area (Å²) in [5, 5.41) is 4.31. The number of aromatic nitrogens is 3. The van der Waals surface area contributed by atoms with E-state index in [2.05, 4.69) is 10.1 Å². The second-order valence-electron chi connectivity index (χ2n) is 11.3. The molecule has 10 nitrogen and oxygen atoms in total. The number of allylic oxidation sites excluding steroid dienone is 1. The van der Waals surface area contributed by atoms with Crippen molar-refractivity contribution in [3.05, 3.63) is 99.4 Å². The van der Waals surface area contributed by atoms with Gasteiger partial charge in [0.05, 0.1) is 42.6 Å². The van der Waals surface area contributed by atoms with E-state index in [0.717, 1.165) is 28.8 Å². The number of nitrogens with two attached hydrogens (primary N) is 1. The van der Waals surface area contributed by atoms with Crippen LogP contribution in [0, 0.1) is 25.5 Å². The number of ketones is 1. The summed E-state index contributed by atoms with van der Waals surface area (Å²) in [6.45, 7) is 6.48. The number of benzene rings is 2. The Balaban J connectivity index is 1.19. The maximum absolute atomic E-state index is 14.0. The molecule has 1 saturated heterocycles. The molecule has 0 spiro atoms. The molecule has 1 atom stereocenters. The van der Waals surface area contributed by atoms with E-state index in [9.17, 15) is 22.0 Å². The topological polar surface area (TPSA) is 130 Å². The highest BCUT2D eigenvalue weighted by Crippen LogP contribution is 2.33. The molecule has 13 heteroatoms. The number of fused-ring (bicyclic) bond motifs is 1. The molecule has 0 bridgehead atoms. The van der Waals surface area contributed by atoms with Crippen LogP contribution in [0.5, 0.6) is 11.6 Å². The second kappa shape index (κ2) is 11.8. The Bertz CT molecular complexity index is 1950. The molecule has 45 heavy (non-hydrogen) atoms. The molecule has 2 aromatic heterocycles. The Morgan fingerprint density at radius 3 is 2.60 bits per heavy atom. The summed E-state index contributed by atoms with van der Waals surface area (Å²) < 4.78 is 68.1. The molecular weight excluding hydrogens is 604 g/mol. The minimum absolute atomic E-state index is 0.0296. The number of hydrogen-bond donors (Lipinski definition) is 1. The summed E-state index contributed by atoms with van der Waals surface area (Å²) in [5.41, 5.74) is 11.4. The summed E-state index contributed by atoms with van der Waals surface area (Å²) in [5.74, 6) is -2.65. The van der Waals surface area contributed by atoms with Gasteiger partial charge in [-0.25, -0.2) is 26.9 Å². The molecule has 1 aliphatic carbocycles. The average Bonchev–Trinajstić information content (AvgIpc) is 3.58. The van der Waals surface area contributed by atoms with Crippen molar-refractivity contribution in [2.45, 2.75) is 39.0 Å². The lowest BCUT2D eigenvalue weighted by atomic mass is 10.0.